The molecule has 0 aliphatic rings. The van der Waals surface area contributed by atoms with E-state index in [1.807, 2.05) is 58.5 Å². The summed E-state index contributed by atoms with van der Waals surface area (Å²) in [6, 6.07) is 18.3. The van der Waals surface area contributed by atoms with Crippen LogP contribution in [0.25, 0.3) is 0 Å². The van der Waals surface area contributed by atoms with Crippen LogP contribution in [0.5, 0.6) is 0 Å². The van der Waals surface area contributed by atoms with Crippen molar-refractivity contribution in [1.82, 2.24) is 15.5 Å². The molecule has 0 spiro atoms. The van der Waals surface area contributed by atoms with Gasteiger partial charge in [-0.3, -0.25) is 0 Å². The molecular formula is C20H28N4O. The van der Waals surface area contributed by atoms with Gasteiger partial charge in [-0.2, -0.15) is 0 Å². The lowest BCUT2D eigenvalue weighted by Gasteiger charge is -2.26. The highest BCUT2D eigenvalue weighted by molar-refractivity contribution is 5.73. The van der Waals surface area contributed by atoms with Gasteiger partial charge in [0, 0.05) is 32.9 Å². The topological polar surface area (TPSA) is 47.6 Å². The zero-order valence-corrected chi connectivity index (χ0v) is 15.5. The van der Waals surface area contributed by atoms with Crippen molar-refractivity contribution in [3.63, 3.8) is 0 Å². The van der Waals surface area contributed by atoms with E-state index in [2.05, 4.69) is 44.7 Å². The molecule has 0 aliphatic heterocycles. The Morgan fingerprint density at radius 2 is 1.56 bits per heavy atom. The van der Waals surface area contributed by atoms with Crippen molar-refractivity contribution < 1.29 is 4.79 Å². The summed E-state index contributed by atoms with van der Waals surface area (Å²) < 4.78 is 0. The van der Waals surface area contributed by atoms with Gasteiger partial charge >= 0.3 is 6.03 Å². The Morgan fingerprint density at radius 1 is 0.920 bits per heavy atom. The standard InChI is InChI=1S/C20H28N4O/c1-23(2)18-12-10-17(11-13-18)19(24(3)4)15-22-20(25)21-14-16-8-6-5-7-9-16/h5-13,19H,14-15H2,1-4H3,(H2,21,22,25). The van der Waals surface area contributed by atoms with Crippen molar-refractivity contribution >= 4 is 11.7 Å². The Labute approximate surface area is 150 Å². The highest BCUT2D eigenvalue weighted by atomic mass is 16.2. The molecule has 0 radical (unpaired) electrons. The third-order valence-corrected chi connectivity index (χ3v) is 4.17. The number of hydrogen-bond acceptors (Lipinski definition) is 3. The average molecular weight is 340 g/mol. The molecule has 134 valence electrons. The SMILES string of the molecule is CN(C)c1ccc(C(CNC(=O)NCc2ccccc2)N(C)C)cc1. The minimum atomic E-state index is -0.152. The maximum absolute atomic E-state index is 12.1. The van der Waals surface area contributed by atoms with Gasteiger partial charge in [-0.1, -0.05) is 42.5 Å². The van der Waals surface area contributed by atoms with E-state index in [1.54, 1.807) is 0 Å². The van der Waals surface area contributed by atoms with Gasteiger partial charge in [0.1, 0.15) is 0 Å². The molecule has 2 rings (SSSR count). The van der Waals surface area contributed by atoms with E-state index >= 15 is 0 Å². The monoisotopic (exact) mass is 340 g/mol. The molecule has 0 saturated carbocycles. The third-order valence-electron chi connectivity index (χ3n) is 4.17. The number of nitrogens with zero attached hydrogens (tertiary/aromatic N) is 2. The van der Waals surface area contributed by atoms with Crippen molar-refractivity contribution in [3.05, 3.63) is 65.7 Å². The highest BCUT2D eigenvalue weighted by Gasteiger charge is 2.15. The van der Waals surface area contributed by atoms with Crippen LogP contribution in [0.4, 0.5) is 10.5 Å². The second-order valence-electron chi connectivity index (χ2n) is 6.51. The Bertz CT molecular complexity index is 653. The van der Waals surface area contributed by atoms with Crippen molar-refractivity contribution in [2.24, 2.45) is 0 Å². The molecule has 0 aromatic heterocycles. The lowest BCUT2D eigenvalue weighted by Crippen LogP contribution is -2.40. The summed E-state index contributed by atoms with van der Waals surface area (Å²) in [5, 5.41) is 5.86. The molecule has 1 atom stereocenters. The second-order valence-corrected chi connectivity index (χ2v) is 6.51. The highest BCUT2D eigenvalue weighted by Crippen LogP contribution is 2.20. The fourth-order valence-electron chi connectivity index (χ4n) is 2.62. The Hall–Kier alpha value is -2.53. The van der Waals surface area contributed by atoms with Crippen molar-refractivity contribution in [2.75, 3.05) is 39.6 Å². The molecule has 25 heavy (non-hydrogen) atoms. The number of carbonyl (C=O) groups is 1. The van der Waals surface area contributed by atoms with E-state index in [1.165, 1.54) is 5.56 Å². The lowest BCUT2D eigenvalue weighted by molar-refractivity contribution is 0.232. The Balaban J connectivity index is 1.89. The van der Waals surface area contributed by atoms with Gasteiger partial charge in [-0.15, -0.1) is 0 Å². The van der Waals surface area contributed by atoms with Crippen LogP contribution in [0.2, 0.25) is 0 Å². The van der Waals surface area contributed by atoms with Gasteiger partial charge in [0.05, 0.1) is 6.04 Å². The number of urea groups is 1. The summed E-state index contributed by atoms with van der Waals surface area (Å²) in [5.74, 6) is 0. The van der Waals surface area contributed by atoms with Crippen LogP contribution in [-0.4, -0.2) is 45.7 Å². The van der Waals surface area contributed by atoms with E-state index in [0.717, 1.165) is 11.3 Å². The summed E-state index contributed by atoms with van der Waals surface area (Å²) >= 11 is 0. The number of carbonyl (C=O) groups excluding carboxylic acids is 1. The summed E-state index contributed by atoms with van der Waals surface area (Å²) in [6.45, 7) is 1.08. The van der Waals surface area contributed by atoms with E-state index < -0.39 is 0 Å². The van der Waals surface area contributed by atoms with Crippen molar-refractivity contribution in [1.29, 1.82) is 0 Å². The predicted molar refractivity (Wildman–Crippen MR) is 104 cm³/mol. The van der Waals surface area contributed by atoms with Crippen LogP contribution in [0.3, 0.4) is 0 Å². The summed E-state index contributed by atoms with van der Waals surface area (Å²) in [6.07, 6.45) is 0. The number of hydrogen-bond donors (Lipinski definition) is 2. The fraction of sp³-hybridized carbons (Fsp3) is 0.350. The summed E-state index contributed by atoms with van der Waals surface area (Å²) in [4.78, 5) is 16.3. The first-order valence-corrected chi connectivity index (χ1v) is 8.46. The fourth-order valence-corrected chi connectivity index (χ4v) is 2.62. The van der Waals surface area contributed by atoms with E-state index in [-0.39, 0.29) is 12.1 Å². The van der Waals surface area contributed by atoms with Crippen LogP contribution >= 0.6 is 0 Å². The average Bonchev–Trinajstić information content (AvgIpc) is 2.61. The molecule has 5 heteroatoms. The Morgan fingerprint density at radius 3 is 2.12 bits per heavy atom. The number of likely N-dealkylation sites (N-methyl/N-ethyl adjacent to an activating group) is 1. The molecule has 1 unspecified atom stereocenters. The van der Waals surface area contributed by atoms with Crippen LogP contribution in [-0.2, 0) is 6.54 Å². The minimum Gasteiger partial charge on any atom is -0.378 e. The molecule has 2 aromatic rings. The molecule has 5 nitrogen and oxygen atoms in total. The first-order valence-electron chi connectivity index (χ1n) is 8.46. The van der Waals surface area contributed by atoms with Crippen LogP contribution in [0.1, 0.15) is 17.2 Å². The number of benzene rings is 2. The molecule has 0 fully saturated rings. The Kier molecular flexibility index (Phi) is 6.83. The van der Waals surface area contributed by atoms with Gasteiger partial charge in [-0.05, 0) is 37.4 Å². The quantitative estimate of drug-likeness (QED) is 0.815. The van der Waals surface area contributed by atoms with E-state index in [0.29, 0.717) is 13.1 Å². The molecule has 2 N–H and O–H groups in total. The summed E-state index contributed by atoms with van der Waals surface area (Å²) in [7, 11) is 8.09. The normalized spacial score (nSPS) is 11.9. The van der Waals surface area contributed by atoms with Gasteiger partial charge in [0.2, 0.25) is 0 Å². The van der Waals surface area contributed by atoms with Crippen molar-refractivity contribution in [2.45, 2.75) is 12.6 Å². The smallest absolute Gasteiger partial charge is 0.315 e. The van der Waals surface area contributed by atoms with Gasteiger partial charge in [0.25, 0.3) is 0 Å². The molecule has 2 amide bonds. The van der Waals surface area contributed by atoms with Crippen LogP contribution in [0, 0.1) is 0 Å². The number of rotatable bonds is 7. The van der Waals surface area contributed by atoms with Crippen LogP contribution in [0.15, 0.2) is 54.6 Å². The first-order chi connectivity index (χ1) is 12.0. The number of amides is 2. The molecule has 2 aromatic carbocycles. The zero-order chi connectivity index (χ0) is 18.2. The number of nitrogens with one attached hydrogen (secondary N) is 2. The lowest BCUT2D eigenvalue weighted by atomic mass is 10.1. The molecule has 0 bridgehead atoms. The van der Waals surface area contributed by atoms with E-state index in [4.69, 9.17) is 0 Å². The minimum absolute atomic E-state index is 0.124. The number of anilines is 1. The second kappa shape index (κ2) is 9.08. The van der Waals surface area contributed by atoms with Gasteiger partial charge < -0.3 is 20.4 Å². The molecular weight excluding hydrogens is 312 g/mol. The molecule has 0 heterocycles. The molecule has 0 saturated heterocycles. The predicted octanol–water partition coefficient (Wildman–Crippen LogP) is 2.85. The van der Waals surface area contributed by atoms with Gasteiger partial charge in [0.15, 0.2) is 0 Å². The maximum Gasteiger partial charge on any atom is 0.315 e. The first kappa shape index (κ1) is 18.8. The molecule has 0 aliphatic carbocycles. The van der Waals surface area contributed by atoms with Gasteiger partial charge in [-0.25, -0.2) is 4.79 Å². The maximum atomic E-state index is 12.1. The third kappa shape index (κ3) is 5.80. The zero-order valence-electron chi connectivity index (χ0n) is 15.5. The van der Waals surface area contributed by atoms with E-state index in [9.17, 15) is 4.79 Å². The van der Waals surface area contributed by atoms with Crippen LogP contribution < -0.4 is 15.5 Å². The van der Waals surface area contributed by atoms with Crippen molar-refractivity contribution in [3.8, 4) is 0 Å². The summed E-state index contributed by atoms with van der Waals surface area (Å²) in [5.41, 5.74) is 3.43. The largest absolute Gasteiger partial charge is 0.378 e.